The summed E-state index contributed by atoms with van der Waals surface area (Å²) in [5.41, 5.74) is 2.44. The zero-order chi connectivity index (χ0) is 20.7. The minimum atomic E-state index is -0.433. The first kappa shape index (κ1) is 19.0. The molecule has 0 radical (unpaired) electrons. The standard InChI is InChI=1S/C22H17BrN4O2S/c23-16-8-4-5-9-17(16)27-13-15(12-18(27)28)21(29)25-20-19(14-6-2-1-3-7-14)24-22-26(20)10-11-30-22/h1-11,15H,12-13H2,(H,25,29). The number of rotatable bonds is 4. The van der Waals surface area contributed by atoms with Crippen molar-refractivity contribution in [2.75, 3.05) is 16.8 Å². The molecule has 1 saturated heterocycles. The highest BCUT2D eigenvalue weighted by atomic mass is 79.9. The summed E-state index contributed by atoms with van der Waals surface area (Å²) >= 11 is 5.00. The number of imidazole rings is 1. The van der Waals surface area contributed by atoms with Gasteiger partial charge in [-0.25, -0.2) is 4.98 Å². The van der Waals surface area contributed by atoms with Crippen LogP contribution in [0.1, 0.15) is 6.42 Å². The Kier molecular flexibility index (Phi) is 4.88. The summed E-state index contributed by atoms with van der Waals surface area (Å²) in [7, 11) is 0. The number of para-hydroxylation sites is 1. The van der Waals surface area contributed by atoms with Crippen molar-refractivity contribution < 1.29 is 9.59 Å². The average molecular weight is 481 g/mol. The largest absolute Gasteiger partial charge is 0.310 e. The third kappa shape index (κ3) is 3.32. The summed E-state index contributed by atoms with van der Waals surface area (Å²) in [6, 6.07) is 17.3. The molecule has 0 saturated carbocycles. The van der Waals surface area contributed by atoms with Gasteiger partial charge >= 0.3 is 0 Å². The molecule has 8 heteroatoms. The predicted octanol–water partition coefficient (Wildman–Crippen LogP) is 4.82. The maximum Gasteiger partial charge on any atom is 0.230 e. The zero-order valence-corrected chi connectivity index (χ0v) is 18.2. The molecule has 4 aromatic rings. The molecular weight excluding hydrogens is 464 g/mol. The Morgan fingerprint density at radius 1 is 1.13 bits per heavy atom. The maximum absolute atomic E-state index is 13.1. The van der Waals surface area contributed by atoms with E-state index in [4.69, 9.17) is 4.98 Å². The average Bonchev–Trinajstić information content (AvgIpc) is 3.45. The van der Waals surface area contributed by atoms with Crippen molar-refractivity contribution >= 4 is 55.5 Å². The van der Waals surface area contributed by atoms with Crippen LogP contribution >= 0.6 is 27.3 Å². The van der Waals surface area contributed by atoms with Crippen molar-refractivity contribution in [3.63, 3.8) is 0 Å². The van der Waals surface area contributed by atoms with Gasteiger partial charge in [-0.05, 0) is 28.1 Å². The summed E-state index contributed by atoms with van der Waals surface area (Å²) < 4.78 is 2.72. The van der Waals surface area contributed by atoms with E-state index in [-0.39, 0.29) is 18.2 Å². The first-order valence-corrected chi connectivity index (χ1v) is 11.2. The molecule has 0 bridgehead atoms. The molecule has 1 atom stereocenters. The van der Waals surface area contributed by atoms with Gasteiger partial charge in [-0.3, -0.25) is 14.0 Å². The van der Waals surface area contributed by atoms with Crippen LogP contribution in [0.2, 0.25) is 0 Å². The number of anilines is 2. The third-order valence-electron chi connectivity index (χ3n) is 5.19. The van der Waals surface area contributed by atoms with E-state index in [1.165, 1.54) is 11.3 Å². The monoisotopic (exact) mass is 480 g/mol. The Hall–Kier alpha value is -2.97. The molecule has 150 valence electrons. The summed E-state index contributed by atoms with van der Waals surface area (Å²) in [5, 5.41) is 4.98. The number of nitrogens with one attached hydrogen (secondary N) is 1. The van der Waals surface area contributed by atoms with Crippen molar-refractivity contribution in [1.82, 2.24) is 9.38 Å². The lowest BCUT2D eigenvalue weighted by molar-refractivity contribution is -0.122. The van der Waals surface area contributed by atoms with Crippen molar-refractivity contribution in [1.29, 1.82) is 0 Å². The van der Waals surface area contributed by atoms with Crippen molar-refractivity contribution in [3.8, 4) is 11.3 Å². The van der Waals surface area contributed by atoms with E-state index in [1.807, 2.05) is 70.6 Å². The number of amides is 2. The second-order valence-electron chi connectivity index (χ2n) is 7.08. The molecule has 0 aliphatic carbocycles. The highest BCUT2D eigenvalue weighted by Crippen LogP contribution is 2.34. The molecule has 2 amide bonds. The first-order valence-electron chi connectivity index (χ1n) is 9.48. The maximum atomic E-state index is 13.1. The SMILES string of the molecule is O=C(Nc1c(-c2ccccc2)nc2sccn12)C1CC(=O)N(c2ccccc2Br)C1. The quantitative estimate of drug-likeness (QED) is 0.455. The summed E-state index contributed by atoms with van der Waals surface area (Å²) in [6.45, 7) is 0.347. The van der Waals surface area contributed by atoms with Crippen LogP contribution in [0.4, 0.5) is 11.5 Å². The molecule has 2 aromatic heterocycles. The molecule has 1 N–H and O–H groups in total. The number of carbonyl (C=O) groups excluding carboxylic acids is 2. The Morgan fingerprint density at radius 2 is 1.90 bits per heavy atom. The number of carbonyl (C=O) groups is 2. The first-order chi connectivity index (χ1) is 14.6. The van der Waals surface area contributed by atoms with Crippen LogP contribution in [-0.4, -0.2) is 27.7 Å². The van der Waals surface area contributed by atoms with Crippen LogP contribution in [0.5, 0.6) is 0 Å². The zero-order valence-electron chi connectivity index (χ0n) is 15.8. The number of thiazole rings is 1. The normalized spacial score (nSPS) is 16.4. The topological polar surface area (TPSA) is 66.7 Å². The lowest BCUT2D eigenvalue weighted by Crippen LogP contribution is -2.28. The second kappa shape index (κ2) is 7.70. The van der Waals surface area contributed by atoms with E-state index >= 15 is 0 Å². The van der Waals surface area contributed by atoms with Crippen LogP contribution in [0, 0.1) is 5.92 Å². The molecule has 2 aromatic carbocycles. The molecule has 0 spiro atoms. The minimum absolute atomic E-state index is 0.0562. The van der Waals surface area contributed by atoms with E-state index in [0.29, 0.717) is 12.4 Å². The number of hydrogen-bond donors (Lipinski definition) is 1. The number of fused-ring (bicyclic) bond motifs is 1. The van der Waals surface area contributed by atoms with Gasteiger partial charge in [0, 0.05) is 34.6 Å². The van der Waals surface area contributed by atoms with Gasteiger partial charge in [0.2, 0.25) is 11.8 Å². The lowest BCUT2D eigenvalue weighted by Gasteiger charge is -2.18. The Balaban J connectivity index is 1.43. The molecule has 1 aliphatic heterocycles. The Bertz CT molecular complexity index is 1250. The molecule has 1 unspecified atom stereocenters. The smallest absolute Gasteiger partial charge is 0.230 e. The van der Waals surface area contributed by atoms with E-state index in [9.17, 15) is 9.59 Å². The molecule has 6 nitrogen and oxygen atoms in total. The highest BCUT2D eigenvalue weighted by molar-refractivity contribution is 9.10. The van der Waals surface area contributed by atoms with Crippen LogP contribution in [-0.2, 0) is 9.59 Å². The number of nitrogens with zero attached hydrogens (tertiary/aromatic N) is 3. The number of halogens is 1. The number of aromatic nitrogens is 2. The lowest BCUT2D eigenvalue weighted by atomic mass is 10.1. The van der Waals surface area contributed by atoms with Gasteiger partial charge in [-0.1, -0.05) is 42.5 Å². The second-order valence-corrected chi connectivity index (χ2v) is 8.80. The summed E-state index contributed by atoms with van der Waals surface area (Å²) in [4.78, 5) is 32.9. The predicted molar refractivity (Wildman–Crippen MR) is 122 cm³/mol. The van der Waals surface area contributed by atoms with Crippen LogP contribution in [0.15, 0.2) is 70.6 Å². The molecule has 1 fully saturated rings. The van der Waals surface area contributed by atoms with Gasteiger partial charge in [-0.2, -0.15) is 0 Å². The minimum Gasteiger partial charge on any atom is -0.310 e. The van der Waals surface area contributed by atoms with Crippen LogP contribution < -0.4 is 10.2 Å². The molecule has 5 rings (SSSR count). The van der Waals surface area contributed by atoms with Gasteiger partial charge in [0.1, 0.15) is 11.5 Å². The fourth-order valence-corrected chi connectivity index (χ4v) is 4.92. The van der Waals surface area contributed by atoms with Gasteiger partial charge < -0.3 is 10.2 Å². The van der Waals surface area contributed by atoms with E-state index in [0.717, 1.165) is 26.4 Å². The van der Waals surface area contributed by atoms with Gasteiger partial charge in [0.05, 0.1) is 11.6 Å². The Morgan fingerprint density at radius 3 is 2.70 bits per heavy atom. The fourth-order valence-electron chi connectivity index (χ4n) is 3.71. The highest BCUT2D eigenvalue weighted by Gasteiger charge is 2.36. The van der Waals surface area contributed by atoms with E-state index in [1.54, 1.807) is 4.90 Å². The molecule has 1 aliphatic rings. The molecular formula is C22H17BrN4O2S. The number of hydrogen-bond acceptors (Lipinski definition) is 4. The third-order valence-corrected chi connectivity index (χ3v) is 6.62. The van der Waals surface area contributed by atoms with Gasteiger partial charge in [-0.15, -0.1) is 11.3 Å². The Labute approximate surface area is 185 Å². The molecule has 3 heterocycles. The summed E-state index contributed by atoms with van der Waals surface area (Å²) in [5.74, 6) is -0.0333. The summed E-state index contributed by atoms with van der Waals surface area (Å²) in [6.07, 6.45) is 2.07. The molecule has 30 heavy (non-hydrogen) atoms. The van der Waals surface area contributed by atoms with Crippen molar-refractivity contribution in [2.45, 2.75) is 6.42 Å². The van der Waals surface area contributed by atoms with Gasteiger partial charge in [0.15, 0.2) is 4.96 Å². The van der Waals surface area contributed by atoms with E-state index in [2.05, 4.69) is 21.2 Å². The van der Waals surface area contributed by atoms with Gasteiger partial charge in [0.25, 0.3) is 0 Å². The van der Waals surface area contributed by atoms with Crippen LogP contribution in [0.25, 0.3) is 16.2 Å². The number of benzene rings is 2. The van der Waals surface area contributed by atoms with Crippen molar-refractivity contribution in [2.24, 2.45) is 5.92 Å². The van der Waals surface area contributed by atoms with Crippen LogP contribution in [0.3, 0.4) is 0 Å². The van der Waals surface area contributed by atoms with E-state index < -0.39 is 5.92 Å². The van der Waals surface area contributed by atoms with Crippen molar-refractivity contribution in [3.05, 3.63) is 70.6 Å². The fraction of sp³-hybridized carbons (Fsp3) is 0.136.